The monoisotopic (exact) mass is 176 g/mol. The summed E-state index contributed by atoms with van der Waals surface area (Å²) in [6.07, 6.45) is 2.05. The molecular formula is C8H12CrO. The van der Waals surface area contributed by atoms with Crippen molar-refractivity contribution in [1.29, 1.82) is 0 Å². The van der Waals surface area contributed by atoms with Crippen molar-refractivity contribution in [3.05, 3.63) is 0 Å². The van der Waals surface area contributed by atoms with Gasteiger partial charge >= 0.3 is 70.3 Å². The molecule has 0 aliphatic rings. The van der Waals surface area contributed by atoms with Gasteiger partial charge in [-0.15, -0.1) is 0 Å². The van der Waals surface area contributed by atoms with Gasteiger partial charge in [0.1, 0.15) is 0 Å². The standard InChI is InChI=1S/C8H12O.Cr/c1-3-5-6-7-8-9-4-2;/h3-5H2,1-2H3;. The maximum absolute atomic E-state index is 5.08. The van der Waals surface area contributed by atoms with Crippen molar-refractivity contribution in [2.45, 2.75) is 26.7 Å². The van der Waals surface area contributed by atoms with Crippen molar-refractivity contribution < 1.29 is 20.6 Å². The fourth-order valence-electron chi connectivity index (χ4n) is 0.427. The Morgan fingerprint density at radius 2 is 2.20 bits per heavy atom. The normalized spacial score (nSPS) is 8.20. The third-order valence-corrected chi connectivity index (χ3v) is 1.18. The quantitative estimate of drug-likeness (QED) is 0.592. The minimum atomic E-state index is 0.684. The Labute approximate surface area is 70.7 Å². The van der Waals surface area contributed by atoms with Crippen molar-refractivity contribution in [2.75, 3.05) is 6.61 Å². The molecule has 0 radical (unpaired) electrons. The molecule has 0 atom stereocenters. The third kappa shape index (κ3) is 6.05. The molecule has 0 heterocycles. The van der Waals surface area contributed by atoms with E-state index in [0.29, 0.717) is 11.2 Å². The van der Waals surface area contributed by atoms with Gasteiger partial charge in [0.25, 0.3) is 0 Å². The molecule has 0 N–H and O–H groups in total. The molecule has 2 heteroatoms. The topological polar surface area (TPSA) is 9.23 Å². The predicted octanol–water partition coefficient (Wildman–Crippen LogP) is 1.50. The summed E-state index contributed by atoms with van der Waals surface area (Å²) in [4.78, 5) is 0. The molecule has 0 bridgehead atoms. The van der Waals surface area contributed by atoms with Crippen LogP contribution < -0.4 is 0 Å². The summed E-state index contributed by atoms with van der Waals surface area (Å²) in [6.45, 7) is 4.73. The van der Waals surface area contributed by atoms with Gasteiger partial charge in [0.2, 0.25) is 0 Å². The molecule has 0 spiro atoms. The summed E-state index contributed by atoms with van der Waals surface area (Å²) < 4.78 is 5.78. The SMILES string of the molecule is CCCC#C[C](=[Cr])OCC. The number of ether oxygens (including phenoxy) is 1. The van der Waals surface area contributed by atoms with Crippen LogP contribution in [0.2, 0.25) is 0 Å². The zero-order valence-corrected chi connectivity index (χ0v) is 7.71. The molecule has 0 fully saturated rings. The number of rotatable bonds is 3. The molecule has 0 aliphatic heterocycles. The fourth-order valence-corrected chi connectivity index (χ4v) is 0.724. The number of hydrogen-bond donors (Lipinski definition) is 0. The first kappa shape index (κ1) is 9.92. The second kappa shape index (κ2) is 7.03. The molecule has 0 aromatic rings. The Kier molecular flexibility index (Phi) is 6.98. The Morgan fingerprint density at radius 1 is 1.50 bits per heavy atom. The van der Waals surface area contributed by atoms with Crippen LogP contribution in [-0.4, -0.2) is 11.2 Å². The van der Waals surface area contributed by atoms with Crippen LogP contribution in [0.3, 0.4) is 0 Å². The molecule has 0 rings (SSSR count). The van der Waals surface area contributed by atoms with Crippen molar-refractivity contribution in [3.63, 3.8) is 0 Å². The first-order valence-corrected chi connectivity index (χ1v) is 4.10. The van der Waals surface area contributed by atoms with E-state index in [-0.39, 0.29) is 0 Å². The molecule has 0 amide bonds. The van der Waals surface area contributed by atoms with E-state index >= 15 is 0 Å². The summed E-state index contributed by atoms with van der Waals surface area (Å²) in [6, 6.07) is 0. The molecule has 0 aliphatic carbocycles. The van der Waals surface area contributed by atoms with Gasteiger partial charge in [-0.05, 0) is 0 Å². The molecule has 0 aromatic carbocycles. The molecule has 56 valence electrons. The molecule has 0 saturated carbocycles. The van der Waals surface area contributed by atoms with E-state index in [1.807, 2.05) is 6.92 Å². The first-order valence-electron chi connectivity index (χ1n) is 3.46. The Hall–Kier alpha value is -0.0775. The van der Waals surface area contributed by atoms with Crippen molar-refractivity contribution >= 4 is 4.57 Å². The third-order valence-electron chi connectivity index (χ3n) is 0.841. The van der Waals surface area contributed by atoms with E-state index < -0.39 is 0 Å². The van der Waals surface area contributed by atoms with Gasteiger partial charge in [0.15, 0.2) is 0 Å². The number of hydrogen-bond acceptors (Lipinski definition) is 1. The van der Waals surface area contributed by atoms with Crippen LogP contribution in [-0.2, 0) is 20.6 Å². The average Bonchev–Trinajstić information content (AvgIpc) is 1.89. The van der Waals surface area contributed by atoms with Crippen LogP contribution in [0.25, 0.3) is 0 Å². The van der Waals surface area contributed by atoms with Gasteiger partial charge in [-0.2, -0.15) is 0 Å². The van der Waals surface area contributed by atoms with E-state index in [4.69, 9.17) is 4.74 Å². The fraction of sp³-hybridized carbons (Fsp3) is 0.625. The summed E-state index contributed by atoms with van der Waals surface area (Å²) in [5, 5.41) is 0. The van der Waals surface area contributed by atoms with Crippen LogP contribution in [0.1, 0.15) is 26.7 Å². The van der Waals surface area contributed by atoms with E-state index in [1.54, 1.807) is 0 Å². The van der Waals surface area contributed by atoms with E-state index in [0.717, 1.165) is 12.8 Å². The molecule has 0 unspecified atom stereocenters. The number of unbranched alkanes of at least 4 members (excludes halogenated alkanes) is 1. The van der Waals surface area contributed by atoms with Crippen LogP contribution in [0.4, 0.5) is 0 Å². The Balaban J connectivity index is 3.48. The molecule has 10 heavy (non-hydrogen) atoms. The molecule has 0 aromatic heterocycles. The zero-order valence-electron chi connectivity index (χ0n) is 6.44. The van der Waals surface area contributed by atoms with Gasteiger partial charge in [-0.25, -0.2) is 0 Å². The Morgan fingerprint density at radius 3 is 2.70 bits per heavy atom. The van der Waals surface area contributed by atoms with Crippen molar-refractivity contribution in [2.24, 2.45) is 0 Å². The van der Waals surface area contributed by atoms with Gasteiger partial charge in [0.05, 0.1) is 0 Å². The average molecular weight is 176 g/mol. The maximum atomic E-state index is 5.08. The van der Waals surface area contributed by atoms with Crippen LogP contribution in [0, 0.1) is 11.8 Å². The van der Waals surface area contributed by atoms with E-state index in [2.05, 4.69) is 34.6 Å². The van der Waals surface area contributed by atoms with E-state index in [9.17, 15) is 0 Å². The van der Waals surface area contributed by atoms with Gasteiger partial charge in [-0.1, -0.05) is 0 Å². The van der Waals surface area contributed by atoms with Gasteiger partial charge < -0.3 is 0 Å². The summed E-state index contributed by atoms with van der Waals surface area (Å²) >= 11 is 2.76. The van der Waals surface area contributed by atoms with Crippen LogP contribution in [0.5, 0.6) is 0 Å². The minimum absolute atomic E-state index is 0.684. The second-order valence-electron chi connectivity index (χ2n) is 1.77. The second-order valence-corrected chi connectivity index (χ2v) is 2.35. The zero-order chi connectivity index (χ0) is 7.82. The van der Waals surface area contributed by atoms with Crippen LogP contribution in [0.15, 0.2) is 0 Å². The molecule has 0 saturated heterocycles. The predicted molar refractivity (Wildman–Crippen MR) is 39.3 cm³/mol. The molecular weight excluding hydrogens is 164 g/mol. The van der Waals surface area contributed by atoms with Crippen molar-refractivity contribution in [1.82, 2.24) is 0 Å². The summed E-state index contributed by atoms with van der Waals surface area (Å²) in [7, 11) is 0. The van der Waals surface area contributed by atoms with Gasteiger partial charge in [0, 0.05) is 0 Å². The van der Waals surface area contributed by atoms with Gasteiger partial charge in [-0.3, -0.25) is 0 Å². The summed E-state index contributed by atoms with van der Waals surface area (Å²) in [5.74, 6) is 5.85. The van der Waals surface area contributed by atoms with Crippen molar-refractivity contribution in [3.8, 4) is 11.8 Å². The first-order chi connectivity index (χ1) is 4.81. The van der Waals surface area contributed by atoms with E-state index in [1.165, 1.54) is 0 Å². The summed E-state index contributed by atoms with van der Waals surface area (Å²) in [5.41, 5.74) is 0. The van der Waals surface area contributed by atoms with Crippen LogP contribution >= 0.6 is 0 Å². The molecule has 1 nitrogen and oxygen atoms in total. The Bertz CT molecular complexity index is 152.